The number of pyridine rings is 1. The number of Topliss-reactive ketones (excluding diaryl/α,β-unsaturated/α-hetero) is 1. The van der Waals surface area contributed by atoms with Crippen LogP contribution in [0.5, 0.6) is 0 Å². The van der Waals surface area contributed by atoms with Crippen molar-refractivity contribution in [2.24, 2.45) is 0 Å². The maximum Gasteiger partial charge on any atom is 0.274 e. The van der Waals surface area contributed by atoms with E-state index in [1.54, 1.807) is 24.3 Å². The van der Waals surface area contributed by atoms with Crippen LogP contribution in [-0.2, 0) is 0 Å². The zero-order valence-electron chi connectivity index (χ0n) is 10.2. The molecule has 0 saturated heterocycles. The Balaban J connectivity index is 2.17. The minimum Gasteiger partial charge on any atom is -0.321 e. The Morgan fingerprint density at radius 2 is 2.00 bits per heavy atom. The van der Waals surface area contributed by atoms with Crippen molar-refractivity contribution < 1.29 is 14.0 Å². The number of aromatic nitrogens is 1. The molecule has 0 aliphatic heterocycles. The molecule has 0 aliphatic carbocycles. The van der Waals surface area contributed by atoms with Crippen LogP contribution in [-0.4, -0.2) is 16.7 Å². The molecule has 0 radical (unpaired) electrons. The van der Waals surface area contributed by atoms with Crippen LogP contribution in [0.3, 0.4) is 0 Å². The van der Waals surface area contributed by atoms with Crippen LogP contribution in [0.2, 0.25) is 0 Å². The van der Waals surface area contributed by atoms with Gasteiger partial charge in [0.2, 0.25) is 0 Å². The van der Waals surface area contributed by atoms with E-state index in [1.165, 1.54) is 13.0 Å². The van der Waals surface area contributed by atoms with E-state index in [0.29, 0.717) is 11.3 Å². The Kier molecular flexibility index (Phi) is 3.66. The largest absolute Gasteiger partial charge is 0.321 e. The molecule has 1 amide bonds. The summed E-state index contributed by atoms with van der Waals surface area (Å²) < 4.78 is 12.7. The van der Waals surface area contributed by atoms with E-state index in [1.807, 2.05) is 0 Å². The lowest BCUT2D eigenvalue weighted by molar-refractivity contribution is 0.100. The first-order valence-corrected chi connectivity index (χ1v) is 5.60. The monoisotopic (exact) mass is 258 g/mol. The number of nitrogens with one attached hydrogen (secondary N) is 1. The first-order valence-electron chi connectivity index (χ1n) is 5.60. The summed E-state index contributed by atoms with van der Waals surface area (Å²) in [5.74, 6) is -1.05. The smallest absolute Gasteiger partial charge is 0.274 e. The van der Waals surface area contributed by atoms with Crippen molar-refractivity contribution in [2.45, 2.75) is 6.92 Å². The molecule has 0 atom stereocenters. The molecule has 0 saturated carbocycles. The van der Waals surface area contributed by atoms with E-state index >= 15 is 0 Å². The third-order valence-corrected chi connectivity index (χ3v) is 2.49. The van der Waals surface area contributed by atoms with E-state index in [0.717, 1.165) is 12.3 Å². The Hall–Kier alpha value is -2.56. The molecule has 0 aliphatic rings. The summed E-state index contributed by atoms with van der Waals surface area (Å²) in [6.45, 7) is 1.45. The second kappa shape index (κ2) is 5.39. The number of nitrogens with zero attached hydrogens (tertiary/aromatic N) is 1. The van der Waals surface area contributed by atoms with Gasteiger partial charge in [-0.05, 0) is 31.2 Å². The lowest BCUT2D eigenvalue weighted by Crippen LogP contribution is -2.13. The maximum absolute atomic E-state index is 12.7. The number of carbonyl (C=O) groups excluding carboxylic acids is 2. The lowest BCUT2D eigenvalue weighted by atomic mass is 10.1. The zero-order valence-corrected chi connectivity index (χ0v) is 10.2. The van der Waals surface area contributed by atoms with Crippen LogP contribution in [0.1, 0.15) is 27.8 Å². The number of carbonyl (C=O) groups is 2. The van der Waals surface area contributed by atoms with E-state index < -0.39 is 11.7 Å². The van der Waals surface area contributed by atoms with Gasteiger partial charge >= 0.3 is 0 Å². The molecule has 2 rings (SSSR count). The highest BCUT2D eigenvalue weighted by Crippen LogP contribution is 2.12. The summed E-state index contributed by atoms with van der Waals surface area (Å²) in [5, 5.41) is 2.60. The van der Waals surface area contributed by atoms with Gasteiger partial charge in [0, 0.05) is 11.3 Å². The van der Waals surface area contributed by atoms with Crippen LogP contribution in [0.25, 0.3) is 0 Å². The van der Waals surface area contributed by atoms with Crippen molar-refractivity contribution in [2.75, 3.05) is 5.32 Å². The average Bonchev–Trinajstić information content (AvgIpc) is 2.39. The molecule has 1 N–H and O–H groups in total. The molecule has 5 heteroatoms. The molecule has 0 bridgehead atoms. The molecule has 0 fully saturated rings. The second-order valence-corrected chi connectivity index (χ2v) is 3.95. The van der Waals surface area contributed by atoms with Gasteiger partial charge in [-0.25, -0.2) is 9.37 Å². The number of amides is 1. The molecule has 1 heterocycles. The SMILES string of the molecule is CC(=O)c1cccc(NC(=O)c2ccc(F)cn2)c1. The molecule has 1 aromatic carbocycles. The van der Waals surface area contributed by atoms with Gasteiger partial charge < -0.3 is 5.32 Å². The zero-order chi connectivity index (χ0) is 13.8. The van der Waals surface area contributed by atoms with Crippen molar-refractivity contribution in [1.82, 2.24) is 4.98 Å². The van der Waals surface area contributed by atoms with Gasteiger partial charge in [0.15, 0.2) is 5.78 Å². The Labute approximate surface area is 109 Å². The summed E-state index contributed by atoms with van der Waals surface area (Å²) in [5.41, 5.74) is 1.10. The summed E-state index contributed by atoms with van der Waals surface area (Å²) in [6, 6.07) is 9.02. The maximum atomic E-state index is 12.7. The molecule has 2 aromatic rings. The number of ketones is 1. The van der Waals surface area contributed by atoms with Gasteiger partial charge in [0.05, 0.1) is 6.20 Å². The number of rotatable bonds is 3. The molecule has 1 aromatic heterocycles. The van der Waals surface area contributed by atoms with E-state index in [2.05, 4.69) is 10.3 Å². The normalized spacial score (nSPS) is 10.0. The first-order chi connectivity index (χ1) is 9.06. The van der Waals surface area contributed by atoms with Crippen molar-refractivity contribution in [3.63, 3.8) is 0 Å². The minimum absolute atomic E-state index is 0.0870. The van der Waals surface area contributed by atoms with Crippen molar-refractivity contribution in [3.8, 4) is 0 Å². The Morgan fingerprint density at radius 3 is 2.63 bits per heavy atom. The molecular weight excluding hydrogens is 247 g/mol. The fraction of sp³-hybridized carbons (Fsp3) is 0.0714. The number of anilines is 1. The van der Waals surface area contributed by atoms with E-state index in [9.17, 15) is 14.0 Å². The number of benzene rings is 1. The van der Waals surface area contributed by atoms with Crippen LogP contribution < -0.4 is 5.32 Å². The summed E-state index contributed by atoms with van der Waals surface area (Å²) in [6.07, 6.45) is 0.973. The van der Waals surface area contributed by atoms with E-state index in [4.69, 9.17) is 0 Å². The molecule has 19 heavy (non-hydrogen) atoms. The minimum atomic E-state index is -0.505. The van der Waals surface area contributed by atoms with E-state index in [-0.39, 0.29) is 11.5 Å². The van der Waals surface area contributed by atoms with Gasteiger partial charge in [-0.1, -0.05) is 12.1 Å². The van der Waals surface area contributed by atoms with Crippen LogP contribution in [0.4, 0.5) is 10.1 Å². The molecule has 96 valence electrons. The number of hydrogen-bond donors (Lipinski definition) is 1. The highest BCUT2D eigenvalue weighted by molar-refractivity contribution is 6.03. The fourth-order valence-electron chi connectivity index (χ4n) is 1.52. The predicted molar refractivity (Wildman–Crippen MR) is 68.6 cm³/mol. The van der Waals surface area contributed by atoms with Gasteiger partial charge in [-0.2, -0.15) is 0 Å². The average molecular weight is 258 g/mol. The predicted octanol–water partition coefficient (Wildman–Crippen LogP) is 2.68. The van der Waals surface area contributed by atoms with Crippen LogP contribution >= 0.6 is 0 Å². The quantitative estimate of drug-likeness (QED) is 0.861. The number of hydrogen-bond acceptors (Lipinski definition) is 3. The number of halogens is 1. The fourth-order valence-corrected chi connectivity index (χ4v) is 1.52. The third-order valence-electron chi connectivity index (χ3n) is 2.49. The van der Waals surface area contributed by atoms with Crippen molar-refractivity contribution in [1.29, 1.82) is 0 Å². The molecule has 0 unspecified atom stereocenters. The van der Waals surface area contributed by atoms with Crippen molar-refractivity contribution >= 4 is 17.4 Å². The lowest BCUT2D eigenvalue weighted by Gasteiger charge is -2.05. The third kappa shape index (κ3) is 3.22. The summed E-state index contributed by atoms with van der Waals surface area (Å²) in [4.78, 5) is 26.7. The van der Waals surface area contributed by atoms with Gasteiger partial charge in [-0.15, -0.1) is 0 Å². The topological polar surface area (TPSA) is 59.1 Å². The Morgan fingerprint density at radius 1 is 1.21 bits per heavy atom. The summed E-state index contributed by atoms with van der Waals surface area (Å²) >= 11 is 0. The summed E-state index contributed by atoms with van der Waals surface area (Å²) in [7, 11) is 0. The highest BCUT2D eigenvalue weighted by Gasteiger charge is 2.08. The Bertz CT molecular complexity index is 624. The standard InChI is InChI=1S/C14H11FN2O2/c1-9(18)10-3-2-4-12(7-10)17-14(19)13-6-5-11(15)8-16-13/h2-8H,1H3,(H,17,19). The van der Waals surface area contributed by atoms with Crippen molar-refractivity contribution in [3.05, 3.63) is 59.7 Å². The van der Waals surface area contributed by atoms with Crippen LogP contribution in [0, 0.1) is 5.82 Å². The van der Waals surface area contributed by atoms with Crippen LogP contribution in [0.15, 0.2) is 42.6 Å². The molecule has 0 spiro atoms. The first kappa shape index (κ1) is 12.9. The van der Waals surface area contributed by atoms with Gasteiger partial charge in [0.25, 0.3) is 5.91 Å². The van der Waals surface area contributed by atoms with Gasteiger partial charge in [-0.3, -0.25) is 9.59 Å². The molecular formula is C14H11FN2O2. The van der Waals surface area contributed by atoms with Gasteiger partial charge in [0.1, 0.15) is 11.5 Å². The highest BCUT2D eigenvalue weighted by atomic mass is 19.1. The second-order valence-electron chi connectivity index (χ2n) is 3.95. The molecule has 4 nitrogen and oxygen atoms in total.